The zero-order valence-corrected chi connectivity index (χ0v) is 13.5. The first-order valence-corrected chi connectivity index (χ1v) is 8.19. The van der Waals surface area contributed by atoms with Crippen molar-refractivity contribution in [3.8, 4) is 0 Å². The zero-order chi connectivity index (χ0) is 16.1. The van der Waals surface area contributed by atoms with Gasteiger partial charge in [-0.1, -0.05) is 49.7 Å². The summed E-state index contributed by atoms with van der Waals surface area (Å²) in [6.07, 6.45) is 4.84. The lowest BCUT2D eigenvalue weighted by Gasteiger charge is -2.04. The standard InChI is InChI=1S/C20H22N2O/c1-2-3-13-22-15-16(18-11-7-8-12-19(18)22)14-20(23)21-17-9-5-4-6-10-17/h4-12,15H,2-3,13-14H2,1H3,(H,21,23). The molecule has 23 heavy (non-hydrogen) atoms. The van der Waals surface area contributed by atoms with Crippen LogP contribution in [0.2, 0.25) is 0 Å². The molecule has 1 heterocycles. The van der Waals surface area contributed by atoms with Gasteiger partial charge in [0.05, 0.1) is 6.42 Å². The molecule has 0 aliphatic carbocycles. The van der Waals surface area contributed by atoms with Gasteiger partial charge in [0.1, 0.15) is 0 Å². The Kier molecular flexibility index (Phi) is 4.77. The number of fused-ring (bicyclic) bond motifs is 1. The number of unbranched alkanes of at least 4 members (excludes halogenated alkanes) is 1. The van der Waals surface area contributed by atoms with Crippen molar-refractivity contribution in [1.82, 2.24) is 4.57 Å². The molecule has 0 spiro atoms. The molecular formula is C20H22N2O. The average Bonchev–Trinajstić information content (AvgIpc) is 2.92. The van der Waals surface area contributed by atoms with E-state index in [1.807, 2.05) is 36.4 Å². The van der Waals surface area contributed by atoms with E-state index in [2.05, 4.69) is 41.2 Å². The zero-order valence-electron chi connectivity index (χ0n) is 13.5. The number of aryl methyl sites for hydroxylation is 1. The van der Waals surface area contributed by atoms with Crippen LogP contribution in [0, 0.1) is 0 Å². The van der Waals surface area contributed by atoms with Gasteiger partial charge in [-0.2, -0.15) is 0 Å². The molecule has 0 saturated carbocycles. The Labute approximate surface area is 136 Å². The van der Waals surface area contributed by atoms with E-state index in [0.717, 1.165) is 30.6 Å². The summed E-state index contributed by atoms with van der Waals surface area (Å²) in [7, 11) is 0. The number of anilines is 1. The second kappa shape index (κ2) is 7.14. The van der Waals surface area contributed by atoms with Gasteiger partial charge < -0.3 is 9.88 Å². The van der Waals surface area contributed by atoms with Gasteiger partial charge in [0.25, 0.3) is 0 Å². The number of carbonyl (C=O) groups is 1. The van der Waals surface area contributed by atoms with Crippen LogP contribution in [0.15, 0.2) is 60.8 Å². The Bertz CT molecular complexity index is 790. The fraction of sp³-hybridized carbons (Fsp3) is 0.250. The summed E-state index contributed by atoms with van der Waals surface area (Å²) in [6.45, 7) is 3.19. The van der Waals surface area contributed by atoms with Crippen molar-refractivity contribution in [3.05, 3.63) is 66.4 Å². The summed E-state index contributed by atoms with van der Waals surface area (Å²) in [4.78, 5) is 12.3. The number of rotatable bonds is 6. The van der Waals surface area contributed by atoms with E-state index in [1.165, 1.54) is 10.9 Å². The second-order valence-corrected chi connectivity index (χ2v) is 5.81. The Morgan fingerprint density at radius 2 is 1.78 bits per heavy atom. The number of nitrogens with zero attached hydrogens (tertiary/aromatic N) is 1. The number of benzene rings is 2. The van der Waals surface area contributed by atoms with E-state index >= 15 is 0 Å². The highest BCUT2D eigenvalue weighted by Gasteiger charge is 2.11. The maximum atomic E-state index is 12.3. The van der Waals surface area contributed by atoms with Gasteiger partial charge in [0, 0.05) is 29.3 Å². The first-order chi connectivity index (χ1) is 11.3. The van der Waals surface area contributed by atoms with Gasteiger partial charge in [-0.15, -0.1) is 0 Å². The van der Waals surface area contributed by atoms with Gasteiger partial charge in [0.2, 0.25) is 5.91 Å². The molecule has 3 rings (SSSR count). The molecular weight excluding hydrogens is 284 g/mol. The van der Waals surface area contributed by atoms with E-state index in [4.69, 9.17) is 0 Å². The van der Waals surface area contributed by atoms with Gasteiger partial charge >= 0.3 is 0 Å². The second-order valence-electron chi connectivity index (χ2n) is 5.81. The average molecular weight is 306 g/mol. The SMILES string of the molecule is CCCCn1cc(CC(=O)Nc2ccccc2)c2ccccc21. The molecule has 1 amide bonds. The van der Waals surface area contributed by atoms with Crippen LogP contribution in [0.1, 0.15) is 25.3 Å². The third-order valence-electron chi connectivity index (χ3n) is 4.03. The van der Waals surface area contributed by atoms with Crippen molar-refractivity contribution in [1.29, 1.82) is 0 Å². The van der Waals surface area contributed by atoms with Crippen molar-refractivity contribution < 1.29 is 4.79 Å². The van der Waals surface area contributed by atoms with Gasteiger partial charge in [-0.05, 0) is 30.2 Å². The van der Waals surface area contributed by atoms with Crippen molar-refractivity contribution >= 4 is 22.5 Å². The summed E-state index contributed by atoms with van der Waals surface area (Å²) in [6, 6.07) is 17.9. The molecule has 0 aliphatic rings. The number of carbonyl (C=O) groups excluding carboxylic acids is 1. The lowest BCUT2D eigenvalue weighted by molar-refractivity contribution is -0.115. The molecule has 118 valence electrons. The number of nitrogens with one attached hydrogen (secondary N) is 1. The van der Waals surface area contributed by atoms with E-state index in [0.29, 0.717) is 6.42 Å². The van der Waals surface area contributed by atoms with Crippen molar-refractivity contribution in [2.75, 3.05) is 5.32 Å². The Morgan fingerprint density at radius 1 is 1.04 bits per heavy atom. The highest BCUT2D eigenvalue weighted by molar-refractivity contribution is 5.95. The predicted molar refractivity (Wildman–Crippen MR) is 95.6 cm³/mol. The first kappa shape index (κ1) is 15.3. The largest absolute Gasteiger partial charge is 0.347 e. The highest BCUT2D eigenvalue weighted by atomic mass is 16.1. The fourth-order valence-electron chi connectivity index (χ4n) is 2.88. The smallest absolute Gasteiger partial charge is 0.228 e. The third-order valence-corrected chi connectivity index (χ3v) is 4.03. The molecule has 0 fully saturated rings. The van der Waals surface area contributed by atoms with Crippen LogP contribution in [0.5, 0.6) is 0 Å². The topological polar surface area (TPSA) is 34.0 Å². The molecule has 0 atom stereocenters. The van der Waals surface area contributed by atoms with Gasteiger partial charge in [0.15, 0.2) is 0 Å². The number of amides is 1. The van der Waals surface area contributed by atoms with Gasteiger partial charge in [-0.3, -0.25) is 4.79 Å². The van der Waals surface area contributed by atoms with Crippen LogP contribution in [-0.4, -0.2) is 10.5 Å². The number of hydrogen-bond acceptors (Lipinski definition) is 1. The molecule has 1 N–H and O–H groups in total. The minimum absolute atomic E-state index is 0.0228. The molecule has 2 aromatic carbocycles. The van der Waals surface area contributed by atoms with Crippen molar-refractivity contribution in [2.45, 2.75) is 32.7 Å². The quantitative estimate of drug-likeness (QED) is 0.708. The summed E-state index contributed by atoms with van der Waals surface area (Å²) in [5.74, 6) is 0.0228. The Balaban J connectivity index is 1.80. The van der Waals surface area contributed by atoms with Crippen LogP contribution >= 0.6 is 0 Å². The molecule has 0 bridgehead atoms. The van der Waals surface area contributed by atoms with Crippen LogP contribution < -0.4 is 5.32 Å². The van der Waals surface area contributed by atoms with Gasteiger partial charge in [-0.25, -0.2) is 0 Å². The van der Waals surface area contributed by atoms with Crippen molar-refractivity contribution in [2.24, 2.45) is 0 Å². The lowest BCUT2D eigenvalue weighted by atomic mass is 10.1. The van der Waals surface area contributed by atoms with Crippen LogP contribution in [0.4, 0.5) is 5.69 Å². The molecule has 1 aromatic heterocycles. The van der Waals surface area contributed by atoms with Crippen LogP contribution in [0.25, 0.3) is 10.9 Å². The maximum absolute atomic E-state index is 12.3. The maximum Gasteiger partial charge on any atom is 0.228 e. The molecule has 0 saturated heterocycles. The van der Waals surface area contributed by atoms with E-state index in [9.17, 15) is 4.79 Å². The predicted octanol–water partition coefficient (Wildman–Crippen LogP) is 4.62. The number of hydrogen-bond donors (Lipinski definition) is 1. The normalized spacial score (nSPS) is 10.8. The van der Waals surface area contributed by atoms with Crippen LogP contribution in [0.3, 0.4) is 0 Å². The summed E-state index contributed by atoms with van der Waals surface area (Å²) in [5, 5.41) is 4.13. The van der Waals surface area contributed by atoms with E-state index < -0.39 is 0 Å². The summed E-state index contributed by atoms with van der Waals surface area (Å²) >= 11 is 0. The molecule has 0 radical (unpaired) electrons. The molecule has 0 aliphatic heterocycles. The molecule has 3 nitrogen and oxygen atoms in total. The number of aromatic nitrogens is 1. The fourth-order valence-corrected chi connectivity index (χ4v) is 2.88. The lowest BCUT2D eigenvalue weighted by Crippen LogP contribution is -2.14. The summed E-state index contributed by atoms with van der Waals surface area (Å²) < 4.78 is 2.27. The molecule has 3 heteroatoms. The van der Waals surface area contributed by atoms with E-state index in [1.54, 1.807) is 0 Å². The minimum Gasteiger partial charge on any atom is -0.347 e. The monoisotopic (exact) mass is 306 g/mol. The highest BCUT2D eigenvalue weighted by Crippen LogP contribution is 2.22. The van der Waals surface area contributed by atoms with Crippen LogP contribution in [-0.2, 0) is 17.8 Å². The third kappa shape index (κ3) is 3.62. The molecule has 0 unspecified atom stereocenters. The number of para-hydroxylation sites is 2. The Morgan fingerprint density at radius 3 is 2.57 bits per heavy atom. The van der Waals surface area contributed by atoms with E-state index in [-0.39, 0.29) is 5.91 Å². The van der Waals surface area contributed by atoms with Crippen molar-refractivity contribution in [3.63, 3.8) is 0 Å². The first-order valence-electron chi connectivity index (χ1n) is 8.19. The minimum atomic E-state index is 0.0228. The molecule has 3 aromatic rings. The Hall–Kier alpha value is -2.55. The summed E-state index contributed by atoms with van der Waals surface area (Å²) in [5.41, 5.74) is 3.14.